The topological polar surface area (TPSA) is 275 Å². The number of aryl methyl sites for hydroxylation is 3. The summed E-state index contributed by atoms with van der Waals surface area (Å²) in [6.45, 7) is 14.2. The van der Waals surface area contributed by atoms with E-state index in [9.17, 15) is 30.0 Å². The zero-order chi connectivity index (χ0) is 82.0. The van der Waals surface area contributed by atoms with Crippen LogP contribution in [0.25, 0.3) is 66.5 Å². The van der Waals surface area contributed by atoms with Gasteiger partial charge in [-0.1, -0.05) is 62.0 Å². The minimum atomic E-state index is -3.81. The maximum Gasteiger partial charge on any atom is 0.269 e. The number of aliphatic hydroxyl groups excluding tert-OH is 1. The van der Waals surface area contributed by atoms with E-state index in [1.54, 1.807) is 136 Å². The number of likely N-dealkylation sites (N-methyl/N-ethyl adjacent to an activating group) is 3. The molecule has 636 valence electrons. The van der Waals surface area contributed by atoms with Crippen LogP contribution < -0.4 is 5.32 Å². The number of aliphatic hydroxyl groups is 1. The highest BCUT2D eigenvalue weighted by Crippen LogP contribution is 2.43. The average molecular weight is 1700 g/mol. The number of pyridine rings is 3. The Kier molecular flexibility index (Phi) is 30.0. The third kappa shape index (κ3) is 20.6. The van der Waals surface area contributed by atoms with Crippen molar-refractivity contribution in [1.82, 2.24) is 86.0 Å². The predicted molar refractivity (Wildman–Crippen MR) is 474 cm³/mol. The van der Waals surface area contributed by atoms with Gasteiger partial charge in [-0.15, -0.1) is 12.4 Å². The first-order valence-corrected chi connectivity index (χ1v) is 45.6. The van der Waals surface area contributed by atoms with Crippen molar-refractivity contribution in [1.29, 1.82) is 0 Å². The van der Waals surface area contributed by atoms with Crippen LogP contribution in [-0.2, 0) is 56.0 Å². The van der Waals surface area contributed by atoms with Gasteiger partial charge in [0.05, 0.1) is 33.3 Å². The van der Waals surface area contributed by atoms with E-state index in [0.717, 1.165) is 133 Å². The smallest absolute Gasteiger partial charge is 0.269 e. The van der Waals surface area contributed by atoms with Gasteiger partial charge in [0.15, 0.2) is 16.9 Å². The van der Waals surface area contributed by atoms with Crippen LogP contribution in [0.3, 0.4) is 0 Å². The monoisotopic (exact) mass is 1700 g/mol. The number of nitrogens with zero attached hydrogens (tertiary/aromatic N) is 17. The maximum absolute atomic E-state index is 13.6. The largest absolute Gasteiger partial charge is 0.400 e. The number of rotatable bonds is 14. The summed E-state index contributed by atoms with van der Waals surface area (Å²) >= 11 is 0. The van der Waals surface area contributed by atoms with Crippen molar-refractivity contribution < 1.29 is 35.2 Å². The first-order chi connectivity index (χ1) is 56.6. The lowest BCUT2D eigenvalue weighted by Gasteiger charge is -2.36. The molecule has 3 aliphatic carbocycles. The second kappa shape index (κ2) is 40.1. The Morgan fingerprint density at radius 1 is 0.370 bits per heavy atom. The lowest BCUT2D eigenvalue weighted by Crippen LogP contribution is -2.40. The molecule has 12 heterocycles. The molecular formula is C89H117ClN18O8S3. The number of ketones is 1. The van der Waals surface area contributed by atoms with Crippen molar-refractivity contribution >= 4 is 81.4 Å². The third-order valence-electron chi connectivity index (χ3n) is 24.3. The predicted octanol–water partition coefficient (Wildman–Crippen LogP) is 13.2. The van der Waals surface area contributed by atoms with Crippen molar-refractivity contribution in [3.05, 3.63) is 200 Å². The molecule has 2 N–H and O–H groups in total. The number of Topliss-reactive ketones (excluding diaryl/α,β-unsaturated/α-hetero) is 1. The van der Waals surface area contributed by atoms with E-state index in [2.05, 4.69) is 83.4 Å². The zero-order valence-electron chi connectivity index (χ0n) is 68.8. The van der Waals surface area contributed by atoms with Gasteiger partial charge in [-0.2, -0.15) is 15.3 Å². The Hall–Kier alpha value is -9.11. The first kappa shape index (κ1) is 89.2. The summed E-state index contributed by atoms with van der Waals surface area (Å²) in [7, 11) is 1.79. The van der Waals surface area contributed by atoms with Crippen LogP contribution in [0.1, 0.15) is 138 Å². The molecule has 119 heavy (non-hydrogen) atoms. The molecule has 12 aromatic rings. The summed E-state index contributed by atoms with van der Waals surface area (Å²) in [5, 5.41) is 25.7. The zero-order valence-corrected chi connectivity index (χ0v) is 72.1. The number of nitrogens with one attached hydrogen (secondary N) is 1. The molecule has 3 saturated carbocycles. The quantitative estimate of drug-likeness (QED) is 0.102. The molecule has 3 aliphatic heterocycles. The fourth-order valence-corrected chi connectivity index (χ4v) is 21.7. The normalized spacial score (nSPS) is 19.9. The molecule has 6 fully saturated rings. The molecule has 0 radical (unpaired) electrons. The van der Waals surface area contributed by atoms with Crippen molar-refractivity contribution in [3.63, 3.8) is 0 Å². The fourth-order valence-electron chi connectivity index (χ4n) is 17.7. The summed E-state index contributed by atoms with van der Waals surface area (Å²) in [5.74, 6) is 1.44. The van der Waals surface area contributed by atoms with Crippen LogP contribution in [0.4, 0.5) is 0 Å². The number of aromatic nitrogens is 12. The highest BCUT2D eigenvalue weighted by atomic mass is 35.5. The Balaban J connectivity index is 0.000000154. The molecule has 3 aromatic carbocycles. The van der Waals surface area contributed by atoms with Crippen molar-refractivity contribution in [2.45, 2.75) is 148 Å². The average Bonchev–Trinajstić information content (AvgIpc) is 1.61. The standard InChI is InChI=1S/2C29H36N6O2S.C23H22N4O3S.C6H14N2.CH4O.CH4.ClH/c2*1-32-13-6-14-34(16-15-32)25-11-9-22(10-12-25)23-17-27-28(24-19-31-33(2)20-24)21-35(29(27)30-18-23)38(36,37)26-7-4-3-5-8-26;1-26-14-18(13-25-26)22-15-27(31(29,30)20-5-3-2-4-6-20)23-21(22)11-17(12-24-23)16-7-9-19(28)10-8-16;1-8-5-2-3-7-4-6-8;1-2;;/h2*3-5,7-8,17-22,25H,6,9-16H2,1-2H3;2-6,11-16H,7-10H2,1H3;7H,2-6H2,1H3;2H,1H3;1H4;1H. The van der Waals surface area contributed by atoms with Gasteiger partial charge in [-0.3, -0.25) is 28.6 Å². The van der Waals surface area contributed by atoms with Gasteiger partial charge in [0.1, 0.15) is 5.78 Å². The maximum atomic E-state index is 13.6. The number of hydrogen-bond donors (Lipinski definition) is 2. The highest BCUT2D eigenvalue weighted by Gasteiger charge is 2.34. The Labute approximate surface area is 707 Å². The summed E-state index contributed by atoms with van der Waals surface area (Å²) in [5.41, 5.74) is 9.78. The van der Waals surface area contributed by atoms with Crippen LogP contribution in [0.5, 0.6) is 0 Å². The molecule has 9 aromatic heterocycles. The molecule has 0 amide bonds. The molecule has 30 heteroatoms. The third-order valence-corrected chi connectivity index (χ3v) is 29.3. The van der Waals surface area contributed by atoms with Crippen LogP contribution in [0.2, 0.25) is 0 Å². The molecular weight excluding hydrogens is 1580 g/mol. The second-order valence-electron chi connectivity index (χ2n) is 32.2. The second-order valence-corrected chi connectivity index (χ2v) is 37.7. The lowest BCUT2D eigenvalue weighted by molar-refractivity contribution is -0.120. The van der Waals surface area contributed by atoms with Crippen LogP contribution >= 0.6 is 12.4 Å². The molecule has 18 rings (SSSR count). The van der Waals surface area contributed by atoms with E-state index in [0.29, 0.717) is 59.5 Å². The highest BCUT2D eigenvalue weighted by molar-refractivity contribution is 7.90. The van der Waals surface area contributed by atoms with Gasteiger partial charge in [0, 0.05) is 198 Å². The van der Waals surface area contributed by atoms with Gasteiger partial charge in [0.25, 0.3) is 30.1 Å². The summed E-state index contributed by atoms with van der Waals surface area (Å²) in [6, 6.07) is 33.2. The van der Waals surface area contributed by atoms with E-state index < -0.39 is 30.1 Å². The number of hydrogen-bond acceptors (Lipinski definition) is 20. The van der Waals surface area contributed by atoms with E-state index in [1.807, 2.05) is 70.3 Å². The fraction of sp³-hybridized carbons (Fsp3) is 0.449. The van der Waals surface area contributed by atoms with Crippen molar-refractivity contribution in [2.75, 3.05) is 107 Å². The van der Waals surface area contributed by atoms with E-state index in [-0.39, 0.29) is 40.4 Å². The SMILES string of the molecule is C.CN1CCCN(C2CCC(c3cnc4c(c3)c(-c3cnn(C)c3)cn4S(=O)(=O)c3ccccc3)CC2)CC1.CN1CCCN(C2CCC(c3cnc4c(c3)c(-c3cnn(C)c3)cn4S(=O)(=O)c3ccccc3)CC2)CC1.CN1CCCNCC1.CO.Cl.Cn1cc(-c2cn(S(=O)(=O)c3ccccc3)c3ncc(C4CCC(=O)CC4)cc23)cn1. The molecule has 0 unspecified atom stereocenters. The lowest BCUT2D eigenvalue weighted by atomic mass is 9.81. The van der Waals surface area contributed by atoms with Gasteiger partial charge in [-0.25, -0.2) is 52.1 Å². The van der Waals surface area contributed by atoms with Gasteiger partial charge >= 0.3 is 0 Å². The van der Waals surface area contributed by atoms with E-state index in [4.69, 9.17) is 15.1 Å². The number of halogens is 1. The number of carbonyl (C=O) groups excluding carboxylic acids is 1. The van der Waals surface area contributed by atoms with Crippen LogP contribution in [-0.4, -0.2) is 236 Å². The molecule has 6 aliphatic rings. The van der Waals surface area contributed by atoms with E-state index >= 15 is 0 Å². The molecule has 0 atom stereocenters. The Bertz CT molecular complexity index is 5450. The van der Waals surface area contributed by atoms with Gasteiger partial charge in [0.2, 0.25) is 0 Å². The first-order valence-electron chi connectivity index (χ1n) is 41.3. The van der Waals surface area contributed by atoms with Gasteiger partial charge in [-0.05, 0) is 233 Å². The number of fused-ring (bicyclic) bond motifs is 3. The van der Waals surface area contributed by atoms with E-state index in [1.165, 1.54) is 114 Å². The number of benzene rings is 3. The minimum Gasteiger partial charge on any atom is -0.400 e. The molecule has 3 saturated heterocycles. The molecule has 0 spiro atoms. The van der Waals surface area contributed by atoms with Crippen LogP contribution in [0.15, 0.2) is 198 Å². The van der Waals surface area contributed by atoms with Crippen LogP contribution in [0, 0.1) is 0 Å². The van der Waals surface area contributed by atoms with Gasteiger partial charge < -0.3 is 25.1 Å². The van der Waals surface area contributed by atoms with Crippen molar-refractivity contribution in [2.24, 2.45) is 21.1 Å². The Morgan fingerprint density at radius 2 is 0.689 bits per heavy atom. The molecule has 26 nitrogen and oxygen atoms in total. The summed E-state index contributed by atoms with van der Waals surface area (Å²) < 4.78 is 90.3. The Morgan fingerprint density at radius 3 is 1.02 bits per heavy atom. The summed E-state index contributed by atoms with van der Waals surface area (Å²) in [6.07, 6.45) is 37.5. The van der Waals surface area contributed by atoms with Crippen molar-refractivity contribution in [3.8, 4) is 33.4 Å². The minimum absolute atomic E-state index is 0. The molecule has 0 bridgehead atoms. The summed E-state index contributed by atoms with van der Waals surface area (Å²) in [4.78, 5) is 39.1. The number of carbonyl (C=O) groups is 1.